The van der Waals surface area contributed by atoms with Gasteiger partial charge in [-0.2, -0.15) is 0 Å². The summed E-state index contributed by atoms with van der Waals surface area (Å²) >= 11 is 1.60. The Morgan fingerprint density at radius 3 is 2.56 bits per heavy atom. The molecule has 1 heterocycles. The number of nitrogens with zero attached hydrogens (tertiary/aromatic N) is 1. The van der Waals surface area contributed by atoms with Crippen LogP contribution < -0.4 is 0 Å². The quantitative estimate of drug-likeness (QED) is 0.630. The molecule has 0 aliphatic carbocycles. The summed E-state index contributed by atoms with van der Waals surface area (Å²) in [5, 5.41) is 0.931. The highest BCUT2D eigenvalue weighted by atomic mass is 32.1. The molecule has 0 aliphatic heterocycles. The van der Waals surface area contributed by atoms with Gasteiger partial charge in [0.05, 0.1) is 34.3 Å². The molecule has 0 unspecified atom stereocenters. The van der Waals surface area contributed by atoms with Crippen molar-refractivity contribution in [3.8, 4) is 0 Å². The van der Waals surface area contributed by atoms with Gasteiger partial charge >= 0.3 is 11.9 Å². The fraction of sp³-hybridized carbons (Fsp3) is 0.211. The van der Waals surface area contributed by atoms with Crippen LogP contribution in [0.15, 0.2) is 48.5 Å². The van der Waals surface area contributed by atoms with Crippen LogP contribution in [0.25, 0.3) is 10.2 Å². The van der Waals surface area contributed by atoms with E-state index in [0.29, 0.717) is 18.4 Å². The minimum absolute atomic E-state index is 0.181. The van der Waals surface area contributed by atoms with Crippen LogP contribution in [0.1, 0.15) is 27.3 Å². The second-order valence-corrected chi connectivity index (χ2v) is 6.54. The molecular weight excluding hydrogens is 338 g/mol. The van der Waals surface area contributed by atoms with Gasteiger partial charge in [-0.15, -0.1) is 11.3 Å². The first-order valence-corrected chi connectivity index (χ1v) is 8.64. The number of thiazole rings is 1. The first-order chi connectivity index (χ1) is 12.2. The Morgan fingerprint density at radius 1 is 1.08 bits per heavy atom. The lowest BCUT2D eigenvalue weighted by atomic mass is 10.1. The number of methoxy groups -OCH3 is 1. The molecule has 6 heteroatoms. The molecule has 0 fully saturated rings. The van der Waals surface area contributed by atoms with Gasteiger partial charge in [0.1, 0.15) is 6.61 Å². The van der Waals surface area contributed by atoms with Crippen LogP contribution in [0.2, 0.25) is 0 Å². The standard InChI is InChI=1S/C19H17NO4S/c1-23-19(22)14-8-6-13(7-9-14)12-24-18(21)11-10-17-20-15-4-2-3-5-16(15)25-17/h2-9H,10-12H2,1H3. The lowest BCUT2D eigenvalue weighted by Gasteiger charge is -2.05. The van der Waals surface area contributed by atoms with Gasteiger partial charge in [-0.25, -0.2) is 9.78 Å². The van der Waals surface area contributed by atoms with Gasteiger partial charge in [0, 0.05) is 6.42 Å². The number of ether oxygens (including phenoxy) is 2. The third-order valence-corrected chi connectivity index (χ3v) is 4.75. The van der Waals surface area contributed by atoms with Gasteiger partial charge in [0.2, 0.25) is 0 Å². The van der Waals surface area contributed by atoms with Gasteiger partial charge in [-0.3, -0.25) is 4.79 Å². The Morgan fingerprint density at radius 2 is 1.84 bits per heavy atom. The zero-order valence-corrected chi connectivity index (χ0v) is 14.5. The van der Waals surface area contributed by atoms with Crippen molar-refractivity contribution in [3.63, 3.8) is 0 Å². The van der Waals surface area contributed by atoms with Gasteiger partial charge < -0.3 is 9.47 Å². The van der Waals surface area contributed by atoms with Crippen LogP contribution in [-0.2, 0) is 27.3 Å². The average molecular weight is 355 g/mol. The molecule has 3 aromatic rings. The predicted octanol–water partition coefficient (Wildman–Crippen LogP) is 3.76. The monoisotopic (exact) mass is 355 g/mol. The third-order valence-electron chi connectivity index (χ3n) is 3.66. The molecule has 5 nitrogen and oxygen atoms in total. The van der Waals surface area contributed by atoms with Crippen molar-refractivity contribution in [2.75, 3.05) is 7.11 Å². The Bertz CT molecular complexity index is 853. The maximum absolute atomic E-state index is 11.9. The van der Waals surface area contributed by atoms with E-state index in [1.807, 2.05) is 24.3 Å². The highest BCUT2D eigenvalue weighted by molar-refractivity contribution is 7.18. The minimum Gasteiger partial charge on any atom is -0.465 e. The molecular formula is C19H17NO4S. The van der Waals surface area contributed by atoms with E-state index in [1.165, 1.54) is 7.11 Å². The smallest absolute Gasteiger partial charge is 0.337 e. The zero-order valence-electron chi connectivity index (χ0n) is 13.7. The van der Waals surface area contributed by atoms with Crippen molar-refractivity contribution in [1.82, 2.24) is 4.98 Å². The average Bonchev–Trinajstić information content (AvgIpc) is 3.07. The van der Waals surface area contributed by atoms with Crippen molar-refractivity contribution < 1.29 is 19.1 Å². The fourth-order valence-corrected chi connectivity index (χ4v) is 3.29. The Hall–Kier alpha value is -2.73. The molecule has 0 radical (unpaired) electrons. The zero-order chi connectivity index (χ0) is 17.6. The van der Waals surface area contributed by atoms with Crippen LogP contribution in [0.4, 0.5) is 0 Å². The molecule has 0 amide bonds. The van der Waals surface area contributed by atoms with E-state index in [0.717, 1.165) is 20.8 Å². The highest BCUT2D eigenvalue weighted by Crippen LogP contribution is 2.22. The summed E-state index contributed by atoms with van der Waals surface area (Å²) in [6, 6.07) is 14.7. The van der Waals surface area contributed by atoms with Crippen LogP contribution in [-0.4, -0.2) is 24.0 Å². The lowest BCUT2D eigenvalue weighted by Crippen LogP contribution is -2.06. The van der Waals surface area contributed by atoms with E-state index in [9.17, 15) is 9.59 Å². The molecule has 0 saturated carbocycles. The van der Waals surface area contributed by atoms with E-state index in [1.54, 1.807) is 35.6 Å². The summed E-state index contributed by atoms with van der Waals surface area (Å²) in [7, 11) is 1.34. The van der Waals surface area contributed by atoms with Crippen LogP contribution >= 0.6 is 11.3 Å². The number of carbonyl (C=O) groups excluding carboxylic acids is 2. The van der Waals surface area contributed by atoms with Crippen molar-refractivity contribution in [2.24, 2.45) is 0 Å². The number of hydrogen-bond acceptors (Lipinski definition) is 6. The fourth-order valence-electron chi connectivity index (χ4n) is 2.33. The molecule has 128 valence electrons. The maximum atomic E-state index is 11.9. The van der Waals surface area contributed by atoms with Gasteiger partial charge in [-0.05, 0) is 29.8 Å². The first kappa shape index (κ1) is 17.1. The Labute approximate surface area is 149 Å². The van der Waals surface area contributed by atoms with Crippen molar-refractivity contribution >= 4 is 33.5 Å². The number of para-hydroxylation sites is 1. The van der Waals surface area contributed by atoms with Crippen LogP contribution in [0.5, 0.6) is 0 Å². The summed E-state index contributed by atoms with van der Waals surface area (Å²) in [5.41, 5.74) is 2.25. The van der Waals surface area contributed by atoms with Crippen molar-refractivity contribution in [1.29, 1.82) is 0 Å². The molecule has 3 rings (SSSR count). The number of carbonyl (C=O) groups is 2. The minimum atomic E-state index is -0.389. The summed E-state index contributed by atoms with van der Waals surface area (Å²) in [5.74, 6) is -0.657. The number of aromatic nitrogens is 1. The molecule has 0 bridgehead atoms. The molecule has 0 atom stereocenters. The number of rotatable bonds is 6. The Balaban J connectivity index is 1.48. The molecule has 1 aromatic heterocycles. The highest BCUT2D eigenvalue weighted by Gasteiger charge is 2.09. The van der Waals surface area contributed by atoms with Crippen LogP contribution in [0.3, 0.4) is 0 Å². The van der Waals surface area contributed by atoms with E-state index in [4.69, 9.17) is 4.74 Å². The molecule has 2 aromatic carbocycles. The number of fused-ring (bicyclic) bond motifs is 1. The van der Waals surface area contributed by atoms with Gasteiger partial charge in [0.15, 0.2) is 0 Å². The third kappa shape index (κ3) is 4.42. The summed E-state index contributed by atoms with van der Waals surface area (Å²) in [6.07, 6.45) is 0.861. The molecule has 25 heavy (non-hydrogen) atoms. The number of aryl methyl sites for hydroxylation is 1. The molecule has 0 spiro atoms. The van der Waals surface area contributed by atoms with Gasteiger partial charge in [-0.1, -0.05) is 24.3 Å². The largest absolute Gasteiger partial charge is 0.465 e. The summed E-state index contributed by atoms with van der Waals surface area (Å²) < 4.78 is 11.0. The number of benzene rings is 2. The maximum Gasteiger partial charge on any atom is 0.337 e. The van der Waals surface area contributed by atoms with E-state index in [2.05, 4.69) is 9.72 Å². The predicted molar refractivity (Wildman–Crippen MR) is 95.5 cm³/mol. The SMILES string of the molecule is COC(=O)c1ccc(COC(=O)CCc2nc3ccccc3s2)cc1. The van der Waals surface area contributed by atoms with Crippen LogP contribution in [0, 0.1) is 0 Å². The first-order valence-electron chi connectivity index (χ1n) is 7.83. The van der Waals surface area contributed by atoms with Crippen molar-refractivity contribution in [3.05, 3.63) is 64.7 Å². The summed E-state index contributed by atoms with van der Waals surface area (Å²) in [6.45, 7) is 0.181. The molecule has 0 saturated heterocycles. The number of hydrogen-bond donors (Lipinski definition) is 0. The van der Waals surface area contributed by atoms with Gasteiger partial charge in [0.25, 0.3) is 0 Å². The normalized spacial score (nSPS) is 10.6. The topological polar surface area (TPSA) is 65.5 Å². The van der Waals surface area contributed by atoms with E-state index < -0.39 is 0 Å². The van der Waals surface area contributed by atoms with E-state index >= 15 is 0 Å². The second-order valence-electron chi connectivity index (χ2n) is 5.42. The number of esters is 2. The van der Waals surface area contributed by atoms with E-state index in [-0.39, 0.29) is 18.5 Å². The summed E-state index contributed by atoms with van der Waals surface area (Å²) in [4.78, 5) is 27.8. The van der Waals surface area contributed by atoms with Crippen molar-refractivity contribution in [2.45, 2.75) is 19.4 Å². The lowest BCUT2D eigenvalue weighted by molar-refractivity contribution is -0.144. The molecule has 0 N–H and O–H groups in total. The molecule has 0 aliphatic rings. The Kier molecular flexibility index (Phi) is 5.40. The second kappa shape index (κ2) is 7.90.